The van der Waals surface area contributed by atoms with E-state index < -0.39 is 0 Å². The van der Waals surface area contributed by atoms with Crippen molar-refractivity contribution in [2.45, 2.75) is 32.7 Å². The van der Waals surface area contributed by atoms with E-state index in [-0.39, 0.29) is 11.9 Å². The van der Waals surface area contributed by atoms with Crippen molar-refractivity contribution in [2.75, 3.05) is 5.33 Å². The van der Waals surface area contributed by atoms with Gasteiger partial charge in [-0.25, -0.2) is 0 Å². The van der Waals surface area contributed by atoms with Gasteiger partial charge in [-0.15, -0.1) is 0 Å². The first-order valence-corrected chi connectivity index (χ1v) is 6.59. The summed E-state index contributed by atoms with van der Waals surface area (Å²) in [6, 6.07) is 3.78. The van der Waals surface area contributed by atoms with E-state index in [9.17, 15) is 4.79 Å². The van der Waals surface area contributed by atoms with Crippen molar-refractivity contribution in [1.82, 2.24) is 10.3 Å². The second-order valence-electron chi connectivity index (χ2n) is 3.74. The summed E-state index contributed by atoms with van der Waals surface area (Å²) in [6.07, 6.45) is 3.56. The Morgan fingerprint density at radius 2 is 2.38 bits per heavy atom. The molecule has 1 rings (SSSR count). The number of carbonyl (C=O) groups excluding carboxylic acids is 1. The van der Waals surface area contributed by atoms with E-state index in [4.69, 9.17) is 0 Å². The quantitative estimate of drug-likeness (QED) is 0.845. The average Bonchev–Trinajstić information content (AvgIpc) is 2.28. The molecule has 1 aromatic heterocycles. The van der Waals surface area contributed by atoms with Crippen LogP contribution in [-0.2, 0) is 0 Å². The molecule has 0 saturated heterocycles. The molecule has 3 nitrogen and oxygen atoms in total. The molecule has 0 aliphatic carbocycles. The van der Waals surface area contributed by atoms with Crippen molar-refractivity contribution < 1.29 is 4.79 Å². The normalized spacial score (nSPS) is 12.2. The summed E-state index contributed by atoms with van der Waals surface area (Å²) in [5.74, 6) is -0.0155. The fourth-order valence-corrected chi connectivity index (χ4v) is 2.02. The summed E-state index contributed by atoms with van der Waals surface area (Å²) in [5.41, 5.74) is 1.54. The lowest BCUT2D eigenvalue weighted by Gasteiger charge is -2.15. The van der Waals surface area contributed by atoms with Gasteiger partial charge in [-0.1, -0.05) is 22.9 Å². The van der Waals surface area contributed by atoms with Gasteiger partial charge in [0, 0.05) is 28.8 Å². The van der Waals surface area contributed by atoms with Gasteiger partial charge in [-0.2, -0.15) is 0 Å². The van der Waals surface area contributed by atoms with Crippen LogP contribution in [0.25, 0.3) is 0 Å². The van der Waals surface area contributed by atoms with Crippen LogP contribution in [0, 0.1) is 6.92 Å². The zero-order valence-corrected chi connectivity index (χ0v) is 11.3. The third-order valence-electron chi connectivity index (χ3n) is 2.44. The van der Waals surface area contributed by atoms with Crippen molar-refractivity contribution in [3.05, 3.63) is 29.6 Å². The van der Waals surface area contributed by atoms with Crippen LogP contribution in [0.5, 0.6) is 0 Å². The van der Waals surface area contributed by atoms with Crippen LogP contribution >= 0.6 is 15.9 Å². The fourth-order valence-electron chi connectivity index (χ4n) is 1.47. The highest BCUT2D eigenvalue weighted by Crippen LogP contribution is 2.05. The summed E-state index contributed by atoms with van der Waals surface area (Å²) in [6.45, 7) is 3.96. The molecule has 88 valence electrons. The fraction of sp³-hybridized carbons (Fsp3) is 0.500. The van der Waals surface area contributed by atoms with E-state index >= 15 is 0 Å². The molecule has 1 aromatic rings. The number of alkyl halides is 1. The third-order valence-corrected chi connectivity index (χ3v) is 2.90. The monoisotopic (exact) mass is 284 g/mol. The first-order valence-electron chi connectivity index (χ1n) is 5.46. The molecule has 4 heteroatoms. The van der Waals surface area contributed by atoms with Crippen LogP contribution in [0.3, 0.4) is 0 Å². The van der Waals surface area contributed by atoms with Gasteiger partial charge < -0.3 is 5.32 Å². The SMILES string of the molecule is CCC(CCBr)NC(=O)c1ccnc(C)c1. The molecule has 0 fully saturated rings. The van der Waals surface area contributed by atoms with Gasteiger partial charge >= 0.3 is 0 Å². The molecule has 1 unspecified atom stereocenters. The minimum atomic E-state index is -0.0155. The number of rotatable bonds is 5. The number of amides is 1. The average molecular weight is 285 g/mol. The molecule has 0 aliphatic rings. The topological polar surface area (TPSA) is 42.0 Å². The van der Waals surface area contributed by atoms with E-state index in [0.29, 0.717) is 5.56 Å². The van der Waals surface area contributed by atoms with Crippen molar-refractivity contribution in [3.8, 4) is 0 Å². The summed E-state index contributed by atoms with van der Waals surface area (Å²) >= 11 is 3.39. The summed E-state index contributed by atoms with van der Waals surface area (Å²) in [7, 11) is 0. The van der Waals surface area contributed by atoms with Crippen molar-refractivity contribution >= 4 is 21.8 Å². The maximum Gasteiger partial charge on any atom is 0.251 e. The van der Waals surface area contributed by atoms with Crippen LogP contribution in [0.4, 0.5) is 0 Å². The van der Waals surface area contributed by atoms with Gasteiger partial charge in [0.25, 0.3) is 5.91 Å². The Labute approximate surface area is 105 Å². The van der Waals surface area contributed by atoms with E-state index in [1.807, 2.05) is 6.92 Å². The number of halogens is 1. The highest BCUT2D eigenvalue weighted by atomic mass is 79.9. The maximum absolute atomic E-state index is 11.9. The Kier molecular flexibility index (Phi) is 5.46. The third kappa shape index (κ3) is 3.93. The largest absolute Gasteiger partial charge is 0.349 e. The highest BCUT2D eigenvalue weighted by Gasteiger charge is 2.11. The Balaban J connectivity index is 2.64. The van der Waals surface area contributed by atoms with Gasteiger partial charge in [0.2, 0.25) is 0 Å². The Bertz CT molecular complexity index is 355. The van der Waals surface area contributed by atoms with Crippen molar-refractivity contribution in [1.29, 1.82) is 0 Å². The molecular formula is C12H17BrN2O. The van der Waals surface area contributed by atoms with Crippen molar-refractivity contribution in [3.63, 3.8) is 0 Å². The van der Waals surface area contributed by atoms with Crippen molar-refractivity contribution in [2.24, 2.45) is 0 Å². The predicted molar refractivity (Wildman–Crippen MR) is 68.9 cm³/mol. The molecule has 1 N–H and O–H groups in total. The van der Waals surface area contributed by atoms with Gasteiger partial charge in [0.05, 0.1) is 0 Å². The molecular weight excluding hydrogens is 268 g/mol. The van der Waals surface area contributed by atoms with Crippen LogP contribution in [0.1, 0.15) is 35.8 Å². The smallest absolute Gasteiger partial charge is 0.251 e. The molecule has 0 aliphatic heterocycles. The zero-order chi connectivity index (χ0) is 12.0. The molecule has 0 spiro atoms. The number of pyridine rings is 1. The molecule has 1 amide bonds. The molecule has 1 heterocycles. The van der Waals surface area contributed by atoms with Gasteiger partial charge in [-0.3, -0.25) is 9.78 Å². The van der Waals surface area contributed by atoms with Crippen LogP contribution in [-0.4, -0.2) is 22.3 Å². The molecule has 0 saturated carbocycles. The Hall–Kier alpha value is -0.900. The van der Waals surface area contributed by atoms with Crippen LogP contribution in [0.2, 0.25) is 0 Å². The van der Waals surface area contributed by atoms with Crippen LogP contribution in [0.15, 0.2) is 18.3 Å². The van der Waals surface area contributed by atoms with Crippen LogP contribution < -0.4 is 5.32 Å². The van der Waals surface area contributed by atoms with E-state index in [2.05, 4.69) is 33.2 Å². The van der Waals surface area contributed by atoms with E-state index in [1.165, 1.54) is 0 Å². The standard InChI is InChI=1S/C12H17BrN2O/c1-3-11(4-6-13)15-12(16)10-5-7-14-9(2)8-10/h5,7-8,11H,3-4,6H2,1-2H3,(H,15,16). The minimum absolute atomic E-state index is 0.0155. The molecule has 16 heavy (non-hydrogen) atoms. The molecule has 0 aromatic carbocycles. The predicted octanol–water partition coefficient (Wildman–Crippen LogP) is 2.68. The summed E-state index contributed by atoms with van der Waals surface area (Å²) < 4.78 is 0. The number of nitrogens with zero attached hydrogens (tertiary/aromatic N) is 1. The first kappa shape index (κ1) is 13.2. The maximum atomic E-state index is 11.9. The summed E-state index contributed by atoms with van der Waals surface area (Å²) in [4.78, 5) is 16.0. The lowest BCUT2D eigenvalue weighted by Crippen LogP contribution is -2.34. The molecule has 1 atom stereocenters. The highest BCUT2D eigenvalue weighted by molar-refractivity contribution is 9.09. The number of nitrogens with one attached hydrogen (secondary N) is 1. The number of hydrogen-bond donors (Lipinski definition) is 1. The lowest BCUT2D eigenvalue weighted by atomic mass is 10.1. The number of aromatic nitrogens is 1. The minimum Gasteiger partial charge on any atom is -0.349 e. The molecule has 0 radical (unpaired) electrons. The Morgan fingerprint density at radius 1 is 1.62 bits per heavy atom. The zero-order valence-electron chi connectivity index (χ0n) is 9.66. The lowest BCUT2D eigenvalue weighted by molar-refractivity contribution is 0.0935. The Morgan fingerprint density at radius 3 is 2.94 bits per heavy atom. The van der Waals surface area contributed by atoms with Gasteiger partial charge in [-0.05, 0) is 31.9 Å². The van der Waals surface area contributed by atoms with E-state index in [1.54, 1.807) is 18.3 Å². The van der Waals surface area contributed by atoms with Gasteiger partial charge in [0.15, 0.2) is 0 Å². The number of carbonyl (C=O) groups is 1. The number of hydrogen-bond acceptors (Lipinski definition) is 2. The number of aryl methyl sites for hydroxylation is 1. The second-order valence-corrected chi connectivity index (χ2v) is 4.54. The van der Waals surface area contributed by atoms with Gasteiger partial charge in [0.1, 0.15) is 0 Å². The summed E-state index contributed by atoms with van der Waals surface area (Å²) in [5, 5.41) is 3.92. The molecule has 0 bridgehead atoms. The first-order chi connectivity index (χ1) is 7.67. The van der Waals surface area contributed by atoms with E-state index in [0.717, 1.165) is 23.9 Å². The second kappa shape index (κ2) is 6.63.